The van der Waals surface area contributed by atoms with Crippen molar-refractivity contribution in [1.82, 2.24) is 4.98 Å². The fourth-order valence-corrected chi connectivity index (χ4v) is 7.62. The van der Waals surface area contributed by atoms with Gasteiger partial charge in [0.25, 0.3) is 5.01 Å². The Morgan fingerprint density at radius 1 is 0.581 bits per heavy atom. The molecule has 2 aromatic heterocycles. The second-order valence-corrected chi connectivity index (χ2v) is 14.8. The highest BCUT2D eigenvalue weighted by Crippen LogP contribution is 2.33. The van der Waals surface area contributed by atoms with Crippen molar-refractivity contribution in [1.29, 1.82) is 0 Å². The third-order valence-electron chi connectivity index (χ3n) is 8.90. The van der Waals surface area contributed by atoms with Crippen LogP contribution < -0.4 is 4.57 Å². The molecular weight excluding hydrogens is 561 g/mol. The van der Waals surface area contributed by atoms with Crippen molar-refractivity contribution in [3.63, 3.8) is 0 Å². The van der Waals surface area contributed by atoms with Crippen LogP contribution in [0, 0.1) is 25.7 Å². The zero-order valence-electron chi connectivity index (χ0n) is 27.1. The van der Waals surface area contributed by atoms with E-state index in [0.717, 1.165) is 10.5 Å². The molecule has 2 nitrogen and oxygen atoms in total. The summed E-state index contributed by atoms with van der Waals surface area (Å²) in [5.41, 5.74) is 10.4. The lowest BCUT2D eigenvalue weighted by molar-refractivity contribution is -0.629. The van der Waals surface area contributed by atoms with Gasteiger partial charge in [0.15, 0.2) is 0 Å². The molecule has 0 aliphatic carbocycles. The maximum Gasteiger partial charge on any atom is 0.269 e. The number of aryl methyl sites for hydroxylation is 3. The number of benzene rings is 4. The molecule has 4 aromatic carbocycles. The molecule has 0 spiro atoms. The molecule has 0 saturated carbocycles. The Bertz CT molecular complexity index is 1820. The summed E-state index contributed by atoms with van der Waals surface area (Å²) in [6.07, 6.45) is 0. The highest BCUT2D eigenvalue weighted by Gasteiger charge is 2.19. The van der Waals surface area contributed by atoms with E-state index in [9.17, 15) is 0 Å². The fraction of sp³-hybridized carbons (Fsp3) is 0.333. The van der Waals surface area contributed by atoms with E-state index in [4.69, 9.17) is 4.98 Å². The molecule has 0 aliphatic heterocycles. The van der Waals surface area contributed by atoms with Gasteiger partial charge in [0.05, 0.1) is 15.8 Å². The molecule has 4 heteroatoms. The van der Waals surface area contributed by atoms with Gasteiger partial charge in [0.2, 0.25) is 5.52 Å². The minimum Gasteiger partial charge on any atom is -0.236 e. The molecule has 43 heavy (non-hydrogen) atoms. The Morgan fingerprint density at radius 2 is 1.09 bits per heavy atom. The van der Waals surface area contributed by atoms with Crippen LogP contribution in [0.4, 0.5) is 0 Å². The van der Waals surface area contributed by atoms with Crippen LogP contribution in [-0.4, -0.2) is 4.98 Å². The van der Waals surface area contributed by atoms with E-state index in [1.165, 1.54) is 53.3 Å². The van der Waals surface area contributed by atoms with Crippen molar-refractivity contribution in [2.75, 3.05) is 0 Å². The topological polar surface area (TPSA) is 16.8 Å². The first-order valence-corrected chi connectivity index (χ1v) is 17.1. The standard InChI is InChI=1S/C20H24NS.C19H21NS/c1-13(2)15(4)16-7-9-17(10-8-16)20-21(5)18-11-6-14(3)12-19(18)22-20;1-12(2)14(4)15-6-8-16(9-7-15)19-20-17-10-5-13(3)11-18(17)21-19/h6-13,15H,1-5H3;5-12,14H,1-4H3/q+1;. The van der Waals surface area contributed by atoms with Gasteiger partial charge in [-0.15, -0.1) is 11.3 Å². The van der Waals surface area contributed by atoms with Crippen LogP contribution in [0.2, 0.25) is 0 Å². The number of nitrogens with zero attached hydrogens (tertiary/aromatic N) is 2. The number of rotatable bonds is 6. The first-order valence-electron chi connectivity index (χ1n) is 15.5. The normalized spacial score (nSPS) is 13.0. The minimum absolute atomic E-state index is 0.595. The molecule has 2 unspecified atom stereocenters. The van der Waals surface area contributed by atoms with Gasteiger partial charge in [0, 0.05) is 11.6 Å². The van der Waals surface area contributed by atoms with Gasteiger partial charge in [-0.1, -0.05) is 101 Å². The highest BCUT2D eigenvalue weighted by atomic mass is 32.1. The van der Waals surface area contributed by atoms with Crippen molar-refractivity contribution in [2.45, 2.75) is 67.2 Å². The van der Waals surface area contributed by atoms with E-state index in [-0.39, 0.29) is 0 Å². The maximum atomic E-state index is 4.75. The van der Waals surface area contributed by atoms with Gasteiger partial charge >= 0.3 is 0 Å². The van der Waals surface area contributed by atoms with Gasteiger partial charge < -0.3 is 0 Å². The average Bonchev–Trinajstić information content (AvgIpc) is 3.57. The molecule has 0 N–H and O–H groups in total. The number of aromatic nitrogens is 2. The molecule has 222 valence electrons. The molecule has 6 aromatic rings. The van der Waals surface area contributed by atoms with Crippen molar-refractivity contribution >= 4 is 43.1 Å². The first kappa shape index (κ1) is 31.1. The van der Waals surface area contributed by atoms with E-state index in [1.807, 2.05) is 11.3 Å². The molecule has 0 fully saturated rings. The lowest BCUT2D eigenvalue weighted by Crippen LogP contribution is -2.28. The summed E-state index contributed by atoms with van der Waals surface area (Å²) in [6, 6.07) is 31.2. The van der Waals surface area contributed by atoms with Gasteiger partial charge in [0.1, 0.15) is 16.8 Å². The highest BCUT2D eigenvalue weighted by molar-refractivity contribution is 7.21. The summed E-state index contributed by atoms with van der Waals surface area (Å²) in [4.78, 5) is 4.75. The molecular formula is C39H45N2S2+. The Labute approximate surface area is 266 Å². The minimum atomic E-state index is 0.595. The van der Waals surface area contributed by atoms with Crippen LogP contribution in [0.3, 0.4) is 0 Å². The SMILES string of the molecule is Cc1ccc2c(c1)sc(-c1ccc(C(C)C(C)C)cc1)[n+]2C.Cc1ccc2nc(-c3ccc(C(C)C(C)C)cc3)sc2c1. The van der Waals surface area contributed by atoms with E-state index >= 15 is 0 Å². The van der Waals surface area contributed by atoms with Crippen LogP contribution in [0.15, 0.2) is 84.9 Å². The lowest BCUT2D eigenvalue weighted by atomic mass is 9.90. The third-order valence-corrected chi connectivity index (χ3v) is 11.2. The second kappa shape index (κ2) is 13.1. The van der Waals surface area contributed by atoms with Crippen LogP contribution in [0.5, 0.6) is 0 Å². The Kier molecular flexibility index (Phi) is 9.48. The van der Waals surface area contributed by atoms with Gasteiger partial charge in [-0.05, 0) is 90.1 Å². The monoisotopic (exact) mass is 605 g/mol. The zero-order valence-corrected chi connectivity index (χ0v) is 28.7. The number of thiazole rings is 2. The Balaban J connectivity index is 0.000000171. The smallest absolute Gasteiger partial charge is 0.236 e. The number of hydrogen-bond donors (Lipinski definition) is 0. The predicted octanol–water partition coefficient (Wildman–Crippen LogP) is 11.5. The van der Waals surface area contributed by atoms with E-state index in [0.29, 0.717) is 23.7 Å². The van der Waals surface area contributed by atoms with Crippen molar-refractivity contribution in [3.8, 4) is 21.1 Å². The Hall–Kier alpha value is -3.34. The van der Waals surface area contributed by atoms with E-state index in [2.05, 4.69) is 152 Å². The number of fused-ring (bicyclic) bond motifs is 2. The van der Waals surface area contributed by atoms with Crippen LogP contribution in [0.1, 0.15) is 75.6 Å². The second-order valence-electron chi connectivity index (χ2n) is 12.7. The largest absolute Gasteiger partial charge is 0.269 e. The quantitative estimate of drug-likeness (QED) is 0.173. The summed E-state index contributed by atoms with van der Waals surface area (Å²) < 4.78 is 4.93. The molecule has 0 radical (unpaired) electrons. The van der Waals surface area contributed by atoms with Crippen molar-refractivity contribution in [2.24, 2.45) is 18.9 Å². The van der Waals surface area contributed by atoms with E-state index < -0.39 is 0 Å². The predicted molar refractivity (Wildman–Crippen MR) is 189 cm³/mol. The van der Waals surface area contributed by atoms with Crippen LogP contribution in [-0.2, 0) is 7.05 Å². The maximum absolute atomic E-state index is 4.75. The third kappa shape index (κ3) is 6.92. The first-order chi connectivity index (χ1) is 20.5. The lowest BCUT2D eigenvalue weighted by Gasteiger charge is -2.15. The average molecular weight is 606 g/mol. The van der Waals surface area contributed by atoms with Crippen molar-refractivity contribution in [3.05, 3.63) is 107 Å². The van der Waals surface area contributed by atoms with E-state index in [1.54, 1.807) is 11.3 Å². The summed E-state index contributed by atoms with van der Waals surface area (Å²) in [5.74, 6) is 2.54. The molecule has 2 heterocycles. The molecule has 0 bridgehead atoms. The molecule has 0 saturated heterocycles. The van der Waals surface area contributed by atoms with Crippen LogP contribution >= 0.6 is 22.7 Å². The summed E-state index contributed by atoms with van der Waals surface area (Å²) >= 11 is 3.65. The van der Waals surface area contributed by atoms with Gasteiger partial charge in [-0.2, -0.15) is 4.57 Å². The summed E-state index contributed by atoms with van der Waals surface area (Å²) in [5, 5.41) is 2.43. The molecule has 0 aliphatic rings. The van der Waals surface area contributed by atoms with Crippen molar-refractivity contribution < 1.29 is 4.57 Å². The Morgan fingerprint density at radius 3 is 1.65 bits per heavy atom. The molecule has 2 atom stereocenters. The summed E-state index contributed by atoms with van der Waals surface area (Å²) in [6.45, 7) is 18.0. The van der Waals surface area contributed by atoms with Gasteiger partial charge in [-0.3, -0.25) is 0 Å². The summed E-state index contributed by atoms with van der Waals surface area (Å²) in [7, 11) is 2.16. The number of hydrogen-bond acceptors (Lipinski definition) is 3. The molecule has 6 rings (SSSR count). The van der Waals surface area contributed by atoms with Gasteiger partial charge in [-0.25, -0.2) is 4.98 Å². The fourth-order valence-electron chi connectivity index (χ4n) is 5.30. The molecule has 0 amide bonds. The van der Waals surface area contributed by atoms with Crippen LogP contribution in [0.25, 0.3) is 41.6 Å². The zero-order chi connectivity index (χ0) is 30.8.